The Labute approximate surface area is 155 Å². The summed E-state index contributed by atoms with van der Waals surface area (Å²) in [7, 11) is 3.35. The van der Waals surface area contributed by atoms with Crippen LogP contribution in [0.5, 0.6) is 0 Å². The zero-order chi connectivity index (χ0) is 19.9. The number of hydrogen-bond donors (Lipinski definition) is 2. The predicted molar refractivity (Wildman–Crippen MR) is 103 cm³/mol. The lowest BCUT2D eigenvalue weighted by molar-refractivity contribution is -0.124. The van der Waals surface area contributed by atoms with Crippen LogP contribution in [0.4, 0.5) is 5.69 Å². The second-order valence-electron chi connectivity index (χ2n) is 7.43. The summed E-state index contributed by atoms with van der Waals surface area (Å²) in [5.74, 6) is -0.481. The highest BCUT2D eigenvalue weighted by Crippen LogP contribution is 2.12. The summed E-state index contributed by atoms with van der Waals surface area (Å²) in [6, 6.07) is 6.80. The molecule has 2 N–H and O–H groups in total. The molecule has 1 rings (SSSR count). The molecule has 0 aliphatic heterocycles. The summed E-state index contributed by atoms with van der Waals surface area (Å²) in [6.07, 6.45) is 0. The molecule has 3 amide bonds. The molecule has 0 saturated carbocycles. The van der Waals surface area contributed by atoms with Gasteiger partial charge in [-0.3, -0.25) is 19.3 Å². The number of carbonyl (C=O) groups is 3. The van der Waals surface area contributed by atoms with Crippen LogP contribution >= 0.6 is 0 Å². The number of nitrogens with one attached hydrogen (secondary N) is 2. The van der Waals surface area contributed by atoms with Gasteiger partial charge in [-0.05, 0) is 45.5 Å². The van der Waals surface area contributed by atoms with E-state index in [0.29, 0.717) is 17.8 Å². The van der Waals surface area contributed by atoms with Crippen molar-refractivity contribution in [1.82, 2.24) is 15.1 Å². The maximum Gasteiger partial charge on any atom is 0.253 e. The molecular weight excluding hydrogens is 332 g/mol. The van der Waals surface area contributed by atoms with Gasteiger partial charge >= 0.3 is 0 Å². The first-order valence-corrected chi connectivity index (χ1v) is 8.66. The van der Waals surface area contributed by atoms with Crippen LogP contribution < -0.4 is 10.6 Å². The minimum atomic E-state index is -0.307. The summed E-state index contributed by atoms with van der Waals surface area (Å²) in [4.78, 5) is 39.5. The minimum absolute atomic E-state index is 0.0971. The number of amides is 3. The fraction of sp³-hybridized carbons (Fsp3) is 0.526. The van der Waals surface area contributed by atoms with Crippen LogP contribution in [-0.4, -0.2) is 66.8 Å². The Balaban J connectivity index is 2.65. The second kappa shape index (κ2) is 9.33. The van der Waals surface area contributed by atoms with Gasteiger partial charge in [0.05, 0.1) is 13.1 Å². The molecule has 7 heteroatoms. The molecule has 0 aliphatic carbocycles. The Morgan fingerprint density at radius 3 is 2.19 bits per heavy atom. The molecule has 144 valence electrons. The second-order valence-corrected chi connectivity index (χ2v) is 7.43. The van der Waals surface area contributed by atoms with Gasteiger partial charge in [0.25, 0.3) is 5.91 Å². The van der Waals surface area contributed by atoms with Crippen LogP contribution in [-0.2, 0) is 9.59 Å². The largest absolute Gasteiger partial charge is 0.350 e. The van der Waals surface area contributed by atoms with E-state index in [9.17, 15) is 14.4 Å². The molecule has 0 heterocycles. The molecule has 0 unspecified atom stereocenters. The lowest BCUT2D eigenvalue weighted by Gasteiger charge is -2.24. The van der Waals surface area contributed by atoms with E-state index in [1.54, 1.807) is 43.3 Å². The number of likely N-dealkylation sites (N-methyl/N-ethyl adjacent to an activating group) is 1. The van der Waals surface area contributed by atoms with E-state index in [0.717, 1.165) is 0 Å². The lowest BCUT2D eigenvalue weighted by atomic mass is 10.1. The highest BCUT2D eigenvalue weighted by Gasteiger charge is 2.18. The van der Waals surface area contributed by atoms with E-state index in [-0.39, 0.29) is 36.3 Å². The third kappa shape index (κ3) is 7.65. The SMILES string of the molecule is CCN(CC(=O)Nc1cccc(C(=O)N(C)C)c1)CC(=O)NC(C)(C)C. The molecule has 0 bridgehead atoms. The minimum Gasteiger partial charge on any atom is -0.350 e. The van der Waals surface area contributed by atoms with Crippen LogP contribution in [0, 0.1) is 0 Å². The summed E-state index contributed by atoms with van der Waals surface area (Å²) >= 11 is 0. The summed E-state index contributed by atoms with van der Waals surface area (Å²) in [5.41, 5.74) is 0.751. The molecule has 0 aromatic heterocycles. The van der Waals surface area contributed by atoms with Crippen molar-refractivity contribution in [2.24, 2.45) is 0 Å². The van der Waals surface area contributed by atoms with Gasteiger partial charge in [0, 0.05) is 30.9 Å². The Morgan fingerprint density at radius 2 is 1.65 bits per heavy atom. The quantitative estimate of drug-likeness (QED) is 0.771. The van der Waals surface area contributed by atoms with E-state index in [4.69, 9.17) is 0 Å². The smallest absolute Gasteiger partial charge is 0.253 e. The number of carbonyl (C=O) groups excluding carboxylic acids is 3. The van der Waals surface area contributed by atoms with Crippen molar-refractivity contribution in [3.05, 3.63) is 29.8 Å². The first-order chi connectivity index (χ1) is 12.0. The van der Waals surface area contributed by atoms with Crippen molar-refractivity contribution in [2.45, 2.75) is 33.2 Å². The topological polar surface area (TPSA) is 81.8 Å². The maximum atomic E-state index is 12.3. The van der Waals surface area contributed by atoms with Crippen LogP contribution in [0.3, 0.4) is 0 Å². The fourth-order valence-electron chi connectivity index (χ4n) is 2.33. The number of hydrogen-bond acceptors (Lipinski definition) is 4. The number of anilines is 1. The predicted octanol–water partition coefficient (Wildman–Crippen LogP) is 1.56. The van der Waals surface area contributed by atoms with Crippen LogP contribution in [0.2, 0.25) is 0 Å². The molecule has 0 saturated heterocycles. The van der Waals surface area contributed by atoms with Gasteiger partial charge in [-0.25, -0.2) is 0 Å². The summed E-state index contributed by atoms with van der Waals surface area (Å²) in [5, 5.41) is 5.66. The number of nitrogens with zero attached hydrogens (tertiary/aromatic N) is 2. The van der Waals surface area contributed by atoms with Gasteiger partial charge in [0.2, 0.25) is 11.8 Å². The molecule has 0 radical (unpaired) electrons. The van der Waals surface area contributed by atoms with Gasteiger partial charge in [0.1, 0.15) is 0 Å². The number of rotatable bonds is 7. The van der Waals surface area contributed by atoms with Crippen LogP contribution in [0.25, 0.3) is 0 Å². The lowest BCUT2D eigenvalue weighted by Crippen LogP contribution is -2.47. The Hall–Kier alpha value is -2.41. The van der Waals surface area contributed by atoms with Crippen LogP contribution in [0.15, 0.2) is 24.3 Å². The number of benzene rings is 1. The molecule has 0 aliphatic rings. The molecule has 1 aromatic rings. The maximum absolute atomic E-state index is 12.3. The molecule has 0 spiro atoms. The Bertz CT molecular complexity index is 650. The monoisotopic (exact) mass is 362 g/mol. The van der Waals surface area contributed by atoms with Gasteiger partial charge < -0.3 is 15.5 Å². The first-order valence-electron chi connectivity index (χ1n) is 8.66. The highest BCUT2D eigenvalue weighted by molar-refractivity contribution is 5.97. The van der Waals surface area contributed by atoms with Gasteiger partial charge in [-0.15, -0.1) is 0 Å². The Morgan fingerprint density at radius 1 is 1.04 bits per heavy atom. The summed E-state index contributed by atoms with van der Waals surface area (Å²) < 4.78 is 0. The van der Waals surface area contributed by atoms with E-state index in [2.05, 4.69) is 10.6 Å². The van der Waals surface area contributed by atoms with Crippen molar-refractivity contribution in [1.29, 1.82) is 0 Å². The van der Waals surface area contributed by atoms with Gasteiger partial charge in [-0.2, -0.15) is 0 Å². The van der Waals surface area contributed by atoms with Crippen molar-refractivity contribution in [3.8, 4) is 0 Å². The normalized spacial score (nSPS) is 11.2. The average Bonchev–Trinajstić information content (AvgIpc) is 2.51. The zero-order valence-corrected chi connectivity index (χ0v) is 16.5. The van der Waals surface area contributed by atoms with Gasteiger partial charge in [-0.1, -0.05) is 13.0 Å². The standard InChI is InChI=1S/C19H30N4O3/c1-7-23(13-17(25)21-19(2,3)4)12-16(24)20-15-10-8-9-14(11-15)18(26)22(5)6/h8-11H,7,12-13H2,1-6H3,(H,20,24)(H,21,25). The first kappa shape index (κ1) is 21.6. The van der Waals surface area contributed by atoms with Crippen molar-refractivity contribution in [2.75, 3.05) is 39.0 Å². The molecule has 1 aromatic carbocycles. The molecule has 7 nitrogen and oxygen atoms in total. The third-order valence-corrected chi connectivity index (χ3v) is 3.50. The third-order valence-electron chi connectivity index (χ3n) is 3.50. The van der Waals surface area contributed by atoms with Gasteiger partial charge in [0.15, 0.2) is 0 Å². The Kier molecular flexibility index (Phi) is 7.76. The van der Waals surface area contributed by atoms with Crippen molar-refractivity contribution >= 4 is 23.4 Å². The van der Waals surface area contributed by atoms with Crippen molar-refractivity contribution in [3.63, 3.8) is 0 Å². The van der Waals surface area contributed by atoms with E-state index < -0.39 is 0 Å². The van der Waals surface area contributed by atoms with Crippen molar-refractivity contribution < 1.29 is 14.4 Å². The summed E-state index contributed by atoms with van der Waals surface area (Å²) in [6.45, 7) is 8.46. The fourth-order valence-corrected chi connectivity index (χ4v) is 2.33. The van der Waals surface area contributed by atoms with E-state index in [1.165, 1.54) is 4.90 Å². The van der Waals surface area contributed by atoms with E-state index in [1.807, 2.05) is 27.7 Å². The average molecular weight is 362 g/mol. The molecular formula is C19H30N4O3. The zero-order valence-electron chi connectivity index (χ0n) is 16.5. The van der Waals surface area contributed by atoms with Crippen LogP contribution in [0.1, 0.15) is 38.1 Å². The molecule has 0 atom stereocenters. The highest BCUT2D eigenvalue weighted by atomic mass is 16.2. The molecule has 26 heavy (non-hydrogen) atoms. The molecule has 0 fully saturated rings. The van der Waals surface area contributed by atoms with E-state index >= 15 is 0 Å².